The molecule has 0 amide bonds. The average Bonchev–Trinajstić information content (AvgIpc) is 3.55. The molecule has 0 aliphatic carbocycles. The van der Waals surface area contributed by atoms with Crippen molar-refractivity contribution in [3.05, 3.63) is 9.54 Å². The Morgan fingerprint density at radius 3 is 1.62 bits per heavy atom. The number of aryl methyl sites for hydroxylation is 2. The van der Waals surface area contributed by atoms with Gasteiger partial charge in [-0.05, 0) is 45.3 Å². The maximum Gasteiger partial charge on any atom is 0.218 e. The van der Waals surface area contributed by atoms with Gasteiger partial charge in [0.25, 0.3) is 0 Å². The lowest BCUT2D eigenvalue weighted by Crippen LogP contribution is -2.37. The molecule has 4 saturated heterocycles. The molecule has 4 aliphatic heterocycles. The van der Waals surface area contributed by atoms with Crippen LogP contribution in [0.15, 0.2) is 0 Å². The van der Waals surface area contributed by atoms with Gasteiger partial charge in [-0.3, -0.25) is 9.59 Å². The Morgan fingerprint density at radius 1 is 0.750 bits per heavy atom. The van der Waals surface area contributed by atoms with Gasteiger partial charge < -0.3 is 18.9 Å². The zero-order chi connectivity index (χ0) is 22.0. The first-order chi connectivity index (χ1) is 15.5. The zero-order valence-electron chi connectivity index (χ0n) is 16.6. The van der Waals surface area contributed by atoms with E-state index in [-0.39, 0.29) is 48.7 Å². The van der Waals surface area contributed by atoms with E-state index < -0.39 is 12.6 Å². The largest absolute Gasteiger partial charge is 0.343 e. The van der Waals surface area contributed by atoms with Crippen molar-refractivity contribution in [2.75, 3.05) is 13.2 Å². The summed E-state index contributed by atoms with van der Waals surface area (Å²) in [6, 6.07) is -0.710. The van der Waals surface area contributed by atoms with Crippen LogP contribution >= 0.6 is 24.4 Å². The molecule has 6 heterocycles. The number of ketones is 2. The van der Waals surface area contributed by atoms with Crippen LogP contribution in [0.1, 0.15) is 24.9 Å². The molecule has 0 radical (unpaired) electrons. The second kappa shape index (κ2) is 7.67. The number of rotatable bonds is 5. The highest BCUT2D eigenvalue weighted by molar-refractivity contribution is 7.71. The van der Waals surface area contributed by atoms with Crippen molar-refractivity contribution in [3.8, 4) is 0 Å². The number of carbonyl (C=O) groups excluding carboxylic acids is 2. The van der Waals surface area contributed by atoms with E-state index in [0.29, 0.717) is 35.8 Å². The maximum atomic E-state index is 12.1. The van der Waals surface area contributed by atoms with Crippen LogP contribution in [0.25, 0.3) is 0 Å². The van der Waals surface area contributed by atoms with E-state index >= 15 is 0 Å². The van der Waals surface area contributed by atoms with E-state index in [0.717, 1.165) is 0 Å². The van der Waals surface area contributed by atoms with Crippen molar-refractivity contribution in [1.29, 1.82) is 0 Å². The summed E-state index contributed by atoms with van der Waals surface area (Å²) in [6.45, 7) is 1.31. The molecule has 0 saturated carbocycles. The van der Waals surface area contributed by atoms with Gasteiger partial charge >= 0.3 is 0 Å². The van der Waals surface area contributed by atoms with Crippen LogP contribution in [0, 0.1) is 9.54 Å². The lowest BCUT2D eigenvalue weighted by Gasteiger charge is -2.25. The molecule has 2 aromatic rings. The number of ether oxygens (including phenoxy) is 4. The Hall–Kier alpha value is -2.24. The highest BCUT2D eigenvalue weighted by Crippen LogP contribution is 2.33. The second-order valence-electron chi connectivity index (χ2n) is 8.01. The third-order valence-corrected chi connectivity index (χ3v) is 6.89. The van der Waals surface area contributed by atoms with Gasteiger partial charge in [0.2, 0.25) is 22.1 Å². The molecular weight excluding hydrogens is 464 g/mol. The molecule has 3 unspecified atom stereocenters. The van der Waals surface area contributed by atoms with Crippen LogP contribution in [0.2, 0.25) is 0 Å². The Morgan fingerprint density at radius 2 is 1.19 bits per heavy atom. The third kappa shape index (κ3) is 3.20. The van der Waals surface area contributed by atoms with Gasteiger partial charge in [-0.1, -0.05) is 0 Å². The van der Waals surface area contributed by atoms with Gasteiger partial charge in [0.15, 0.2) is 11.6 Å². The topological polar surface area (TPSA) is 142 Å². The van der Waals surface area contributed by atoms with Gasteiger partial charge in [-0.25, -0.2) is 18.7 Å². The van der Waals surface area contributed by atoms with Crippen molar-refractivity contribution in [3.63, 3.8) is 0 Å². The molecule has 170 valence electrons. The number of tetrazole rings is 2. The van der Waals surface area contributed by atoms with Crippen molar-refractivity contribution in [1.82, 2.24) is 39.6 Å². The quantitative estimate of drug-likeness (QED) is 0.490. The zero-order valence-corrected chi connectivity index (χ0v) is 18.2. The fourth-order valence-corrected chi connectivity index (χ4v) is 4.99. The summed E-state index contributed by atoms with van der Waals surface area (Å²) < 4.78 is 28.7. The lowest BCUT2D eigenvalue weighted by atomic mass is 10.0. The van der Waals surface area contributed by atoms with Crippen molar-refractivity contribution < 1.29 is 28.5 Å². The standard InChI is InChI=1S/C16H18N8O6S2/c25-9-3-7(11-5-27-13(9)29-11)23-15(31)21(17-19-23)1-2-22-16(32)24(20-18-22)8-4-10(26)14-28-6-12(8)30-14/h7-8,11-14H,1-6H2/t7-,8?,11+,12?,13+,14?/m0/s1. The van der Waals surface area contributed by atoms with Crippen LogP contribution < -0.4 is 0 Å². The van der Waals surface area contributed by atoms with Gasteiger partial charge in [-0.15, -0.1) is 0 Å². The predicted octanol–water partition coefficient (Wildman–Crippen LogP) is -0.857. The molecule has 6 rings (SSSR count). The maximum absolute atomic E-state index is 12.1. The van der Waals surface area contributed by atoms with E-state index in [2.05, 4.69) is 20.9 Å². The summed E-state index contributed by atoms with van der Waals surface area (Å²) >= 11 is 11.0. The number of hydrogen-bond acceptors (Lipinski definition) is 12. The van der Waals surface area contributed by atoms with E-state index in [1.807, 2.05) is 0 Å². The molecule has 6 atom stereocenters. The van der Waals surface area contributed by atoms with Crippen molar-refractivity contribution in [2.24, 2.45) is 0 Å². The smallest absolute Gasteiger partial charge is 0.218 e. The third-order valence-electron chi connectivity index (χ3n) is 6.10. The summed E-state index contributed by atoms with van der Waals surface area (Å²) in [6.07, 6.45) is -1.68. The average molecular weight is 483 g/mol. The van der Waals surface area contributed by atoms with E-state index in [1.54, 1.807) is 0 Å². The molecule has 14 nitrogen and oxygen atoms in total. The Balaban J connectivity index is 1.17. The molecule has 4 bridgehead atoms. The Labute approximate surface area is 189 Å². The number of carbonyl (C=O) groups is 2. The Kier molecular flexibility index (Phi) is 4.88. The Bertz CT molecular complexity index is 1110. The molecular formula is C16H18N8O6S2. The lowest BCUT2D eigenvalue weighted by molar-refractivity contribution is -0.156. The van der Waals surface area contributed by atoms with Gasteiger partial charge in [0.1, 0.15) is 12.2 Å². The van der Waals surface area contributed by atoms with Gasteiger partial charge in [0, 0.05) is 12.8 Å². The molecule has 2 aromatic heterocycles. The van der Waals surface area contributed by atoms with Crippen molar-refractivity contribution >= 4 is 36.0 Å². The monoisotopic (exact) mass is 482 g/mol. The summed E-state index contributed by atoms with van der Waals surface area (Å²) in [5.41, 5.74) is 0. The molecule has 32 heavy (non-hydrogen) atoms. The number of Topliss-reactive ketones (excluding diaryl/α,β-unsaturated/α-hetero) is 2. The van der Waals surface area contributed by atoms with Crippen LogP contribution in [-0.4, -0.2) is 89.1 Å². The highest BCUT2D eigenvalue weighted by atomic mass is 32.1. The number of hydrogen-bond donors (Lipinski definition) is 0. The first kappa shape index (κ1) is 20.4. The first-order valence-corrected chi connectivity index (χ1v) is 11.0. The summed E-state index contributed by atoms with van der Waals surface area (Å²) in [7, 11) is 0. The predicted molar refractivity (Wildman–Crippen MR) is 104 cm³/mol. The van der Waals surface area contributed by atoms with Crippen LogP contribution in [0.3, 0.4) is 0 Å². The molecule has 0 spiro atoms. The summed E-state index contributed by atoms with van der Waals surface area (Å²) in [5.74, 6) is -0.264. The summed E-state index contributed by atoms with van der Waals surface area (Å²) in [5, 5.41) is 16.5. The van der Waals surface area contributed by atoms with Crippen LogP contribution in [0.5, 0.6) is 0 Å². The molecule has 0 aromatic carbocycles. The highest BCUT2D eigenvalue weighted by Gasteiger charge is 2.46. The number of fused-ring (bicyclic) bond motifs is 4. The minimum absolute atomic E-state index is 0.132. The fraction of sp³-hybridized carbons (Fsp3) is 0.750. The van der Waals surface area contributed by atoms with Gasteiger partial charge in [-0.2, -0.15) is 0 Å². The fourth-order valence-electron chi connectivity index (χ4n) is 4.39. The van der Waals surface area contributed by atoms with E-state index in [9.17, 15) is 9.59 Å². The van der Waals surface area contributed by atoms with E-state index in [1.165, 1.54) is 18.7 Å². The molecule has 4 aliphatic rings. The SMILES string of the molecule is O=C1CC(n2nnn(CCn3nnn([C@H]4CC(=O)[C@@H]5OC[C@H]4O5)c3=S)c2=S)C2COC1O2. The normalized spacial score (nSPS) is 33.9. The van der Waals surface area contributed by atoms with Gasteiger partial charge in [0.05, 0.1) is 38.4 Å². The van der Waals surface area contributed by atoms with Crippen molar-refractivity contribution in [2.45, 2.75) is 62.8 Å². The minimum Gasteiger partial charge on any atom is -0.343 e. The number of nitrogens with zero attached hydrogens (tertiary/aromatic N) is 8. The van der Waals surface area contributed by atoms with Crippen LogP contribution in [-0.2, 0) is 41.6 Å². The number of aromatic nitrogens is 8. The van der Waals surface area contributed by atoms with Crippen LogP contribution in [0.4, 0.5) is 0 Å². The first-order valence-electron chi connectivity index (χ1n) is 10.1. The molecule has 0 N–H and O–H groups in total. The molecule has 16 heteroatoms. The summed E-state index contributed by atoms with van der Waals surface area (Å²) in [4.78, 5) is 24.2. The minimum atomic E-state index is -0.781. The second-order valence-corrected chi connectivity index (χ2v) is 8.74. The molecule has 4 fully saturated rings. The van der Waals surface area contributed by atoms with E-state index in [4.69, 9.17) is 43.4 Å².